The molecule has 1 N–H and O–H groups in total. The topological polar surface area (TPSA) is 76.1 Å². The molecule has 1 fully saturated rings. The fraction of sp³-hybridized carbons (Fsp3) is 0.529. The van der Waals surface area contributed by atoms with Crippen LogP contribution in [-0.2, 0) is 16.0 Å². The second-order valence-electron chi connectivity index (χ2n) is 6.07. The number of benzene rings is 1. The first kappa shape index (κ1) is 18.0. The highest BCUT2D eigenvalue weighted by atomic mass is 19.1. The largest absolute Gasteiger partial charge is 0.493 e. The number of ether oxygens (including phenoxy) is 2. The third-order valence-corrected chi connectivity index (χ3v) is 4.33. The van der Waals surface area contributed by atoms with E-state index < -0.39 is 18.2 Å². The zero-order chi connectivity index (χ0) is 17.9. The molecule has 2 rings (SSSR count). The van der Waals surface area contributed by atoms with E-state index in [1.165, 1.54) is 12.0 Å². The van der Waals surface area contributed by atoms with Crippen LogP contribution in [0.1, 0.15) is 18.9 Å². The molecular formula is C17H22FNO5. The van der Waals surface area contributed by atoms with E-state index in [9.17, 15) is 14.0 Å². The Labute approximate surface area is 140 Å². The summed E-state index contributed by atoms with van der Waals surface area (Å²) in [6.45, 7) is 1.48. The van der Waals surface area contributed by atoms with Gasteiger partial charge in [-0.05, 0) is 24.1 Å². The predicted octanol–water partition coefficient (Wildman–Crippen LogP) is 1.91. The van der Waals surface area contributed by atoms with Crippen LogP contribution in [0.3, 0.4) is 0 Å². The van der Waals surface area contributed by atoms with E-state index in [0.717, 1.165) is 5.56 Å². The highest BCUT2D eigenvalue weighted by Crippen LogP contribution is 2.30. The van der Waals surface area contributed by atoms with Gasteiger partial charge in [0.2, 0.25) is 11.6 Å². The molecule has 6 nitrogen and oxygen atoms in total. The van der Waals surface area contributed by atoms with Gasteiger partial charge in [-0.2, -0.15) is 0 Å². The van der Waals surface area contributed by atoms with Gasteiger partial charge in [-0.15, -0.1) is 0 Å². The summed E-state index contributed by atoms with van der Waals surface area (Å²) >= 11 is 0. The summed E-state index contributed by atoms with van der Waals surface area (Å²) in [6.07, 6.45) is 0.277. The van der Waals surface area contributed by atoms with Crippen LogP contribution in [-0.4, -0.2) is 54.9 Å². The Bertz CT molecular complexity index is 635. The van der Waals surface area contributed by atoms with Crippen LogP contribution in [0.2, 0.25) is 0 Å². The molecule has 132 valence electrons. The van der Waals surface area contributed by atoms with E-state index in [-0.39, 0.29) is 24.8 Å². The number of carboxylic acids is 1. The zero-order valence-corrected chi connectivity index (χ0v) is 14.0. The maximum Gasteiger partial charge on any atom is 0.343 e. The first-order valence-corrected chi connectivity index (χ1v) is 7.72. The number of hydrogen-bond acceptors (Lipinski definition) is 4. The van der Waals surface area contributed by atoms with Crippen molar-refractivity contribution in [1.82, 2.24) is 4.90 Å². The smallest absolute Gasteiger partial charge is 0.343 e. The summed E-state index contributed by atoms with van der Waals surface area (Å²) in [7, 11) is 3.08. The van der Waals surface area contributed by atoms with Crippen LogP contribution < -0.4 is 9.47 Å². The SMILES string of the molecule is COc1ccc(CC(C)C(=O)N2CCC(F)(C(=O)O)C2)cc1OC. The number of nitrogens with zero attached hydrogens (tertiary/aromatic N) is 1. The maximum absolute atomic E-state index is 14.1. The number of alkyl halides is 1. The van der Waals surface area contributed by atoms with Crippen molar-refractivity contribution < 1.29 is 28.6 Å². The number of halogens is 1. The molecular weight excluding hydrogens is 317 g/mol. The predicted molar refractivity (Wildman–Crippen MR) is 85.1 cm³/mol. The van der Waals surface area contributed by atoms with Crippen molar-refractivity contribution in [3.8, 4) is 11.5 Å². The Kier molecular flexibility index (Phi) is 5.31. The van der Waals surface area contributed by atoms with Gasteiger partial charge in [0.05, 0.1) is 20.8 Å². The molecule has 2 atom stereocenters. The lowest BCUT2D eigenvalue weighted by atomic mass is 9.99. The van der Waals surface area contributed by atoms with E-state index in [0.29, 0.717) is 17.9 Å². The maximum atomic E-state index is 14.1. The Hall–Kier alpha value is -2.31. The number of methoxy groups -OCH3 is 2. The standard InChI is InChI=1S/C17H22FNO5/c1-11(8-12-4-5-13(23-2)14(9-12)24-3)15(20)19-7-6-17(18,10-19)16(21)22/h4-5,9,11H,6-8,10H2,1-3H3,(H,21,22). The molecule has 0 spiro atoms. The lowest BCUT2D eigenvalue weighted by Gasteiger charge is -2.22. The van der Waals surface area contributed by atoms with Crippen LogP contribution in [0, 0.1) is 5.92 Å². The molecule has 1 saturated heterocycles. The van der Waals surface area contributed by atoms with Gasteiger partial charge in [-0.25, -0.2) is 9.18 Å². The van der Waals surface area contributed by atoms with Gasteiger partial charge >= 0.3 is 5.97 Å². The summed E-state index contributed by atoms with van der Waals surface area (Å²) in [6, 6.07) is 5.40. The summed E-state index contributed by atoms with van der Waals surface area (Å²) in [4.78, 5) is 24.7. The minimum absolute atomic E-state index is 0.123. The molecule has 24 heavy (non-hydrogen) atoms. The first-order valence-electron chi connectivity index (χ1n) is 7.72. The Morgan fingerprint density at radius 3 is 2.54 bits per heavy atom. The Morgan fingerprint density at radius 2 is 2.00 bits per heavy atom. The van der Waals surface area contributed by atoms with Gasteiger partial charge in [-0.1, -0.05) is 13.0 Å². The fourth-order valence-corrected chi connectivity index (χ4v) is 2.90. The van der Waals surface area contributed by atoms with E-state index in [2.05, 4.69) is 0 Å². The molecule has 1 aliphatic rings. The molecule has 0 saturated carbocycles. The average Bonchev–Trinajstić information content (AvgIpc) is 2.97. The molecule has 1 heterocycles. The summed E-state index contributed by atoms with van der Waals surface area (Å²) in [5.41, 5.74) is -1.45. The second kappa shape index (κ2) is 7.07. The van der Waals surface area contributed by atoms with Crippen molar-refractivity contribution in [3.63, 3.8) is 0 Å². The molecule has 1 aliphatic heterocycles. The van der Waals surface area contributed by atoms with Gasteiger partial charge in [0.1, 0.15) is 0 Å². The molecule has 0 radical (unpaired) electrons. The van der Waals surface area contributed by atoms with Gasteiger partial charge in [0.15, 0.2) is 11.5 Å². The highest BCUT2D eigenvalue weighted by molar-refractivity contribution is 5.83. The first-order chi connectivity index (χ1) is 11.3. The summed E-state index contributed by atoms with van der Waals surface area (Å²) < 4.78 is 24.5. The number of aliphatic carboxylic acids is 1. The quantitative estimate of drug-likeness (QED) is 0.857. The van der Waals surface area contributed by atoms with Crippen LogP contribution in [0.5, 0.6) is 11.5 Å². The minimum Gasteiger partial charge on any atom is -0.493 e. The van der Waals surface area contributed by atoms with Crippen molar-refractivity contribution in [1.29, 1.82) is 0 Å². The van der Waals surface area contributed by atoms with E-state index in [4.69, 9.17) is 14.6 Å². The molecule has 1 aromatic carbocycles. The number of hydrogen-bond donors (Lipinski definition) is 1. The second-order valence-corrected chi connectivity index (χ2v) is 6.07. The van der Waals surface area contributed by atoms with Gasteiger partial charge in [0.25, 0.3) is 0 Å². The number of likely N-dealkylation sites (tertiary alicyclic amines) is 1. The number of rotatable bonds is 6. The fourth-order valence-electron chi connectivity index (χ4n) is 2.90. The van der Waals surface area contributed by atoms with E-state index in [1.807, 2.05) is 6.07 Å². The molecule has 1 aromatic rings. The molecule has 0 aromatic heterocycles. The van der Waals surface area contributed by atoms with E-state index >= 15 is 0 Å². The van der Waals surface area contributed by atoms with Crippen LogP contribution >= 0.6 is 0 Å². The molecule has 0 aliphatic carbocycles. The van der Waals surface area contributed by atoms with Crippen molar-refractivity contribution in [2.75, 3.05) is 27.3 Å². The van der Waals surface area contributed by atoms with Crippen molar-refractivity contribution in [2.45, 2.75) is 25.4 Å². The zero-order valence-electron chi connectivity index (χ0n) is 14.0. The lowest BCUT2D eigenvalue weighted by Crippen LogP contribution is -2.40. The molecule has 2 unspecified atom stereocenters. The minimum atomic E-state index is -2.33. The Morgan fingerprint density at radius 1 is 1.33 bits per heavy atom. The van der Waals surface area contributed by atoms with Crippen molar-refractivity contribution >= 4 is 11.9 Å². The van der Waals surface area contributed by atoms with E-state index in [1.54, 1.807) is 26.2 Å². The Balaban J connectivity index is 2.03. The van der Waals surface area contributed by atoms with Gasteiger partial charge < -0.3 is 19.5 Å². The number of amides is 1. The number of carboxylic acid groups (broad SMARTS) is 1. The van der Waals surface area contributed by atoms with Crippen molar-refractivity contribution in [3.05, 3.63) is 23.8 Å². The number of carbonyl (C=O) groups is 2. The molecule has 0 bridgehead atoms. The highest BCUT2D eigenvalue weighted by Gasteiger charge is 2.47. The van der Waals surface area contributed by atoms with Crippen molar-refractivity contribution in [2.24, 2.45) is 5.92 Å². The van der Waals surface area contributed by atoms with Crippen LogP contribution in [0.15, 0.2) is 18.2 Å². The normalized spacial score (nSPS) is 21.4. The van der Waals surface area contributed by atoms with Crippen LogP contribution in [0.25, 0.3) is 0 Å². The molecule has 7 heteroatoms. The summed E-state index contributed by atoms with van der Waals surface area (Å²) in [5.74, 6) is -0.969. The monoisotopic (exact) mass is 339 g/mol. The van der Waals surface area contributed by atoms with Gasteiger partial charge in [-0.3, -0.25) is 4.79 Å². The third kappa shape index (κ3) is 3.60. The third-order valence-electron chi connectivity index (χ3n) is 4.33. The number of carbonyl (C=O) groups excluding carboxylic acids is 1. The van der Waals surface area contributed by atoms with Crippen LogP contribution in [0.4, 0.5) is 4.39 Å². The average molecular weight is 339 g/mol. The van der Waals surface area contributed by atoms with Gasteiger partial charge in [0, 0.05) is 18.9 Å². The summed E-state index contributed by atoms with van der Waals surface area (Å²) in [5, 5.41) is 8.91. The molecule has 1 amide bonds. The lowest BCUT2D eigenvalue weighted by molar-refractivity contribution is -0.150.